The number of imide groups is 2. The molecule has 2 rings (SSSR count). The molecule has 0 atom stereocenters. The van der Waals surface area contributed by atoms with Gasteiger partial charge in [0.05, 0.1) is 0 Å². The van der Waals surface area contributed by atoms with Crippen LogP contribution in [0.25, 0.3) is 0 Å². The van der Waals surface area contributed by atoms with Gasteiger partial charge in [0.1, 0.15) is 0 Å². The molecule has 4 amide bonds. The molecule has 0 aliphatic carbocycles. The second-order valence-electron chi connectivity index (χ2n) is 6.00. The minimum absolute atomic E-state index is 0.00829. The summed E-state index contributed by atoms with van der Waals surface area (Å²) in [5.41, 5.74) is 0. The first-order valence-electron chi connectivity index (χ1n) is 8.26. The van der Waals surface area contributed by atoms with Crippen molar-refractivity contribution in [1.29, 1.82) is 0 Å². The van der Waals surface area contributed by atoms with Crippen LogP contribution in [0.15, 0.2) is 0 Å². The minimum Gasteiger partial charge on any atom is -0.283 e. The Morgan fingerprint density at radius 3 is 1.50 bits per heavy atom. The van der Waals surface area contributed by atoms with E-state index >= 15 is 0 Å². The number of hydrogen-bond donors (Lipinski definition) is 0. The first-order valence-corrected chi connectivity index (χ1v) is 8.26. The zero-order chi connectivity index (χ0) is 15.9. The Hall–Kier alpha value is -1.72. The minimum atomic E-state index is -0.289. The maximum absolute atomic E-state index is 12.1. The Bertz CT molecular complexity index is 419. The number of rotatable bonds is 3. The smallest absolute Gasteiger partial charge is 0.229 e. The van der Waals surface area contributed by atoms with Gasteiger partial charge in [-0.15, -0.1) is 0 Å². The average molecular weight is 308 g/mol. The quantitative estimate of drug-likeness (QED) is 0.794. The zero-order valence-corrected chi connectivity index (χ0v) is 13.0. The van der Waals surface area contributed by atoms with Crippen LogP contribution < -0.4 is 0 Å². The molecule has 0 aromatic rings. The van der Waals surface area contributed by atoms with E-state index in [9.17, 15) is 19.2 Å². The molecule has 22 heavy (non-hydrogen) atoms. The van der Waals surface area contributed by atoms with Crippen LogP contribution in [0.1, 0.15) is 64.2 Å². The van der Waals surface area contributed by atoms with Crippen molar-refractivity contribution in [3.63, 3.8) is 0 Å². The predicted molar refractivity (Wildman–Crippen MR) is 79.6 cm³/mol. The first-order chi connectivity index (χ1) is 10.6. The van der Waals surface area contributed by atoms with E-state index in [4.69, 9.17) is 0 Å². The Labute approximate surface area is 130 Å². The number of amides is 4. The van der Waals surface area contributed by atoms with Gasteiger partial charge in [-0.05, 0) is 25.7 Å². The summed E-state index contributed by atoms with van der Waals surface area (Å²) < 4.78 is 0. The second kappa shape index (κ2) is 8.06. The van der Waals surface area contributed by atoms with Gasteiger partial charge in [-0.1, -0.05) is 12.8 Å². The number of likely N-dealkylation sites (tertiary alicyclic amines) is 2. The molecular weight excluding hydrogens is 284 g/mol. The highest BCUT2D eigenvalue weighted by molar-refractivity contribution is 5.99. The van der Waals surface area contributed by atoms with Crippen LogP contribution in [0.2, 0.25) is 0 Å². The molecule has 6 nitrogen and oxygen atoms in total. The van der Waals surface area contributed by atoms with Gasteiger partial charge in [-0.25, -0.2) is 0 Å². The molecular formula is C16H24N2O4. The summed E-state index contributed by atoms with van der Waals surface area (Å²) in [4.78, 5) is 50.6. The van der Waals surface area contributed by atoms with Gasteiger partial charge in [0.25, 0.3) is 0 Å². The van der Waals surface area contributed by atoms with Crippen LogP contribution in [-0.2, 0) is 19.2 Å². The number of nitrogens with zero attached hydrogens (tertiary/aromatic N) is 2. The standard InChI is InChI=1S/C16H24N2O4/c19-13-7-3-1-5-11-17(13)15(21)9-10-16(22)18-12-6-2-4-8-14(18)20/h1-12H2. The van der Waals surface area contributed by atoms with Gasteiger partial charge in [0.2, 0.25) is 23.6 Å². The summed E-state index contributed by atoms with van der Waals surface area (Å²) in [5, 5.41) is 0. The summed E-state index contributed by atoms with van der Waals surface area (Å²) in [6.45, 7) is 0.906. The highest BCUT2D eigenvalue weighted by atomic mass is 16.2. The van der Waals surface area contributed by atoms with Crippen molar-refractivity contribution in [3.8, 4) is 0 Å². The predicted octanol–water partition coefficient (Wildman–Crippen LogP) is 1.62. The van der Waals surface area contributed by atoms with Gasteiger partial charge >= 0.3 is 0 Å². The lowest BCUT2D eigenvalue weighted by molar-refractivity contribution is -0.149. The summed E-state index contributed by atoms with van der Waals surface area (Å²) in [5.74, 6) is -0.855. The van der Waals surface area contributed by atoms with Gasteiger partial charge in [0.15, 0.2) is 0 Å². The molecule has 0 N–H and O–H groups in total. The maximum Gasteiger partial charge on any atom is 0.229 e. The lowest BCUT2D eigenvalue weighted by Crippen LogP contribution is -2.39. The number of hydrogen-bond acceptors (Lipinski definition) is 4. The van der Waals surface area contributed by atoms with Crippen LogP contribution in [0.5, 0.6) is 0 Å². The molecule has 2 aliphatic rings. The monoisotopic (exact) mass is 308 g/mol. The van der Waals surface area contributed by atoms with E-state index in [0.717, 1.165) is 38.5 Å². The van der Waals surface area contributed by atoms with Crippen LogP contribution in [0.3, 0.4) is 0 Å². The SMILES string of the molecule is O=C1CCCCCN1C(=O)CCC(=O)N1CCCCCC1=O. The van der Waals surface area contributed by atoms with Crippen LogP contribution in [-0.4, -0.2) is 46.5 Å². The van der Waals surface area contributed by atoms with E-state index in [1.807, 2.05) is 0 Å². The van der Waals surface area contributed by atoms with E-state index in [1.165, 1.54) is 9.80 Å². The fourth-order valence-electron chi connectivity index (χ4n) is 2.98. The molecule has 0 saturated carbocycles. The highest BCUT2D eigenvalue weighted by Gasteiger charge is 2.26. The molecule has 2 aliphatic heterocycles. The van der Waals surface area contributed by atoms with Gasteiger partial charge in [-0.3, -0.25) is 29.0 Å². The fraction of sp³-hybridized carbons (Fsp3) is 0.750. The molecule has 2 heterocycles. The van der Waals surface area contributed by atoms with Gasteiger partial charge < -0.3 is 0 Å². The van der Waals surface area contributed by atoms with Crippen molar-refractivity contribution < 1.29 is 19.2 Å². The molecule has 0 aromatic carbocycles. The molecule has 0 aromatic heterocycles. The van der Waals surface area contributed by atoms with E-state index in [2.05, 4.69) is 0 Å². The highest BCUT2D eigenvalue weighted by Crippen LogP contribution is 2.15. The lowest BCUT2D eigenvalue weighted by atomic mass is 10.2. The van der Waals surface area contributed by atoms with E-state index < -0.39 is 0 Å². The number of carbonyl (C=O) groups is 4. The zero-order valence-electron chi connectivity index (χ0n) is 13.0. The molecule has 0 spiro atoms. The largest absolute Gasteiger partial charge is 0.283 e. The van der Waals surface area contributed by atoms with E-state index in [1.54, 1.807) is 0 Å². The third-order valence-electron chi connectivity index (χ3n) is 4.30. The first kappa shape index (κ1) is 16.6. The van der Waals surface area contributed by atoms with Gasteiger partial charge in [-0.2, -0.15) is 0 Å². The molecule has 0 bridgehead atoms. The maximum atomic E-state index is 12.1. The van der Waals surface area contributed by atoms with Crippen molar-refractivity contribution in [2.24, 2.45) is 0 Å². The Kier molecular flexibility index (Phi) is 6.10. The van der Waals surface area contributed by atoms with Gasteiger partial charge in [0, 0.05) is 38.8 Å². The summed E-state index contributed by atoms with van der Waals surface area (Å²) in [7, 11) is 0. The Morgan fingerprint density at radius 1 is 0.682 bits per heavy atom. The average Bonchev–Trinajstić information content (AvgIpc) is 2.84. The Balaban J connectivity index is 1.85. The summed E-state index contributed by atoms with van der Waals surface area (Å²) in [6, 6.07) is 0. The van der Waals surface area contributed by atoms with Crippen molar-refractivity contribution in [2.75, 3.05) is 13.1 Å². The molecule has 0 unspecified atom stereocenters. The second-order valence-corrected chi connectivity index (χ2v) is 6.00. The van der Waals surface area contributed by atoms with Crippen molar-refractivity contribution >= 4 is 23.6 Å². The molecule has 2 fully saturated rings. The van der Waals surface area contributed by atoms with Crippen LogP contribution >= 0.6 is 0 Å². The van der Waals surface area contributed by atoms with E-state index in [-0.39, 0.29) is 36.5 Å². The third kappa shape index (κ3) is 4.39. The molecule has 6 heteroatoms. The molecule has 2 saturated heterocycles. The topological polar surface area (TPSA) is 74.8 Å². The normalized spacial score (nSPS) is 20.5. The fourth-order valence-corrected chi connectivity index (χ4v) is 2.98. The van der Waals surface area contributed by atoms with Crippen LogP contribution in [0.4, 0.5) is 0 Å². The number of carbonyl (C=O) groups excluding carboxylic acids is 4. The summed E-state index contributed by atoms with van der Waals surface area (Å²) >= 11 is 0. The third-order valence-corrected chi connectivity index (χ3v) is 4.30. The molecule has 122 valence electrons. The van der Waals surface area contributed by atoms with E-state index in [0.29, 0.717) is 25.9 Å². The van der Waals surface area contributed by atoms with Crippen molar-refractivity contribution in [3.05, 3.63) is 0 Å². The van der Waals surface area contributed by atoms with Crippen molar-refractivity contribution in [2.45, 2.75) is 64.2 Å². The van der Waals surface area contributed by atoms with Crippen LogP contribution in [0, 0.1) is 0 Å². The molecule has 0 radical (unpaired) electrons. The lowest BCUT2D eigenvalue weighted by Gasteiger charge is -2.20. The van der Waals surface area contributed by atoms with Crippen molar-refractivity contribution in [1.82, 2.24) is 9.80 Å². The summed E-state index contributed by atoms with van der Waals surface area (Å²) in [6.07, 6.45) is 6.05. The Morgan fingerprint density at radius 2 is 1.09 bits per heavy atom.